The van der Waals surface area contributed by atoms with Crippen molar-refractivity contribution in [2.45, 2.75) is 0 Å². The van der Waals surface area contributed by atoms with Crippen LogP contribution in [0, 0.1) is 0 Å². The Kier molecular flexibility index (Phi) is 137. The monoisotopic (exact) mass is 458 g/mol. The second-order valence-corrected chi connectivity index (χ2v) is 0. The molecule has 0 heterocycles. The van der Waals surface area contributed by atoms with Crippen LogP contribution in [0.5, 0.6) is 0 Å². The molecule has 0 aromatic heterocycles. The maximum atomic E-state index is 0. The summed E-state index contributed by atoms with van der Waals surface area (Å²) in [5.41, 5.74) is 0. The molecule has 0 aliphatic heterocycles. The Balaban J connectivity index is 0. The van der Waals surface area contributed by atoms with Gasteiger partial charge in [0.15, 0.2) is 0 Å². The fraction of sp³-hybridized carbons (Fsp3) is 0. The summed E-state index contributed by atoms with van der Waals surface area (Å²) in [6.45, 7) is 0. The summed E-state index contributed by atoms with van der Waals surface area (Å²) in [5, 5.41) is 0. The van der Waals surface area contributed by atoms with Crippen molar-refractivity contribution < 1.29 is 79.3 Å². The summed E-state index contributed by atoms with van der Waals surface area (Å²) in [5.74, 6) is 0. The SMILES string of the molecule is [Co].[Mo].[Pd].[Pt]. The molecule has 0 atom stereocenters. The fourth-order valence-electron chi connectivity index (χ4n) is 0. The largest absolute Gasteiger partial charge is 0 e. The molecule has 0 N–H and O–H groups in total. The molecule has 4 heavy (non-hydrogen) atoms. The summed E-state index contributed by atoms with van der Waals surface area (Å²) >= 11 is 0. The molecule has 0 bridgehead atoms. The van der Waals surface area contributed by atoms with Crippen molar-refractivity contribution in [1.82, 2.24) is 0 Å². The summed E-state index contributed by atoms with van der Waals surface area (Å²) in [7, 11) is 0. The van der Waals surface area contributed by atoms with Crippen LogP contribution in [0.1, 0.15) is 0 Å². The van der Waals surface area contributed by atoms with E-state index in [4.69, 9.17) is 0 Å². The topological polar surface area (TPSA) is 0 Å². The van der Waals surface area contributed by atoms with Crippen molar-refractivity contribution in [3.05, 3.63) is 0 Å². The predicted molar refractivity (Wildman–Crippen MR) is 0 cm³/mol. The minimum absolute atomic E-state index is 0. The van der Waals surface area contributed by atoms with E-state index in [9.17, 15) is 0 Å². The third-order valence-electron chi connectivity index (χ3n) is 0. The summed E-state index contributed by atoms with van der Waals surface area (Å²) in [6.07, 6.45) is 0. The van der Waals surface area contributed by atoms with E-state index in [1.165, 1.54) is 0 Å². The minimum Gasteiger partial charge on any atom is 0 e. The van der Waals surface area contributed by atoms with Crippen LogP contribution >= 0.6 is 0 Å². The third-order valence-corrected chi connectivity index (χ3v) is 0. The molecule has 0 unspecified atom stereocenters. The van der Waals surface area contributed by atoms with Crippen LogP contribution in [0.2, 0.25) is 0 Å². The zero-order valence-electron chi connectivity index (χ0n) is 1.37. The Morgan fingerprint density at radius 3 is 1.00 bits per heavy atom. The van der Waals surface area contributed by atoms with Gasteiger partial charge in [0.2, 0.25) is 0 Å². The second-order valence-electron chi connectivity index (χ2n) is 0. The molecule has 0 aliphatic rings. The van der Waals surface area contributed by atoms with Crippen LogP contribution in [0.3, 0.4) is 0 Å². The maximum Gasteiger partial charge on any atom is 0 e. The molecule has 0 aromatic carbocycles. The summed E-state index contributed by atoms with van der Waals surface area (Å²) in [6, 6.07) is 0. The second kappa shape index (κ2) is 17.7. The van der Waals surface area contributed by atoms with E-state index < -0.39 is 0 Å². The Bertz CT molecular complexity index is 8.00. The average Bonchev–Trinajstić information content (AvgIpc) is 0. The molecule has 1 radical (unpaired) electrons. The molecular formula is CoMoPdPt. The molecule has 4 heteroatoms. The van der Waals surface area contributed by atoms with Crippen molar-refractivity contribution >= 4 is 0 Å². The van der Waals surface area contributed by atoms with E-state index in [0.29, 0.717) is 0 Å². The van der Waals surface area contributed by atoms with Gasteiger partial charge in [0, 0.05) is 79.3 Å². The quantitative estimate of drug-likeness (QED) is 0.450. The van der Waals surface area contributed by atoms with Crippen LogP contribution in [0.4, 0.5) is 0 Å². The zero-order chi connectivity index (χ0) is 0. The van der Waals surface area contributed by atoms with E-state index in [1.54, 1.807) is 0 Å². The molecule has 0 saturated carbocycles. The van der Waals surface area contributed by atoms with Gasteiger partial charge >= 0.3 is 0 Å². The van der Waals surface area contributed by atoms with Crippen LogP contribution in [0.15, 0.2) is 0 Å². The van der Waals surface area contributed by atoms with Crippen molar-refractivity contribution in [2.75, 3.05) is 0 Å². The number of rotatable bonds is 0. The first kappa shape index (κ1) is 31.1. The van der Waals surface area contributed by atoms with Gasteiger partial charge in [0.1, 0.15) is 0 Å². The maximum absolute atomic E-state index is 0. The van der Waals surface area contributed by atoms with Gasteiger partial charge in [-0.1, -0.05) is 0 Å². The fourth-order valence-corrected chi connectivity index (χ4v) is 0. The van der Waals surface area contributed by atoms with E-state index in [0.717, 1.165) is 0 Å². The van der Waals surface area contributed by atoms with E-state index in [-0.39, 0.29) is 79.3 Å². The first-order chi connectivity index (χ1) is 0. The van der Waals surface area contributed by atoms with E-state index in [2.05, 4.69) is 0 Å². The summed E-state index contributed by atoms with van der Waals surface area (Å²) < 4.78 is 0. The molecule has 0 aliphatic carbocycles. The molecule has 0 rings (SSSR count). The minimum atomic E-state index is 0. The average molecular weight is 456 g/mol. The van der Waals surface area contributed by atoms with Gasteiger partial charge in [-0.15, -0.1) is 0 Å². The Labute approximate surface area is 78.2 Å². The molecule has 0 saturated heterocycles. The van der Waals surface area contributed by atoms with Gasteiger partial charge in [-0.25, -0.2) is 0 Å². The first-order valence-electron chi connectivity index (χ1n) is 0. The van der Waals surface area contributed by atoms with Crippen LogP contribution < -0.4 is 0 Å². The number of hydrogen-bond acceptors (Lipinski definition) is 0. The number of hydrogen-bond donors (Lipinski definition) is 0. The van der Waals surface area contributed by atoms with Crippen LogP contribution in [-0.2, 0) is 79.3 Å². The Morgan fingerprint density at radius 2 is 1.00 bits per heavy atom. The summed E-state index contributed by atoms with van der Waals surface area (Å²) in [4.78, 5) is 0. The molecular weight excluding hydrogens is 456 g/mol. The van der Waals surface area contributed by atoms with Gasteiger partial charge in [-0.2, -0.15) is 0 Å². The first-order valence-corrected chi connectivity index (χ1v) is 0. The van der Waals surface area contributed by atoms with Gasteiger partial charge in [-0.3, -0.25) is 0 Å². The van der Waals surface area contributed by atoms with E-state index in [1.807, 2.05) is 0 Å². The zero-order valence-corrected chi connectivity index (χ0v) is 8.25. The van der Waals surface area contributed by atoms with Gasteiger partial charge < -0.3 is 0 Å². The van der Waals surface area contributed by atoms with Crippen molar-refractivity contribution in [1.29, 1.82) is 0 Å². The van der Waals surface area contributed by atoms with Crippen molar-refractivity contribution in [3.63, 3.8) is 0 Å². The molecule has 35 valence electrons. The predicted octanol–water partition coefficient (Wildman–Crippen LogP) is -0.0100. The standard InChI is InChI=1S/Co.Mo.Pd.Pt. The molecule has 0 aromatic rings. The normalized spacial score (nSPS) is 0. The van der Waals surface area contributed by atoms with Crippen molar-refractivity contribution in [2.24, 2.45) is 0 Å². The van der Waals surface area contributed by atoms with E-state index >= 15 is 0 Å². The molecule has 0 fully saturated rings. The van der Waals surface area contributed by atoms with Crippen LogP contribution in [-0.4, -0.2) is 0 Å². The Hall–Kier alpha value is 2.55. The smallest absolute Gasteiger partial charge is 0 e. The Morgan fingerprint density at radius 1 is 1.00 bits per heavy atom. The molecule has 0 nitrogen and oxygen atoms in total. The van der Waals surface area contributed by atoms with Crippen molar-refractivity contribution in [3.8, 4) is 0 Å². The van der Waals surface area contributed by atoms with Gasteiger partial charge in [0.25, 0.3) is 0 Å². The molecule has 0 spiro atoms. The third kappa shape index (κ3) is 8.82. The van der Waals surface area contributed by atoms with Gasteiger partial charge in [0.05, 0.1) is 0 Å². The van der Waals surface area contributed by atoms with Gasteiger partial charge in [-0.05, 0) is 0 Å². The molecule has 0 amide bonds. The van der Waals surface area contributed by atoms with Crippen LogP contribution in [0.25, 0.3) is 0 Å².